The van der Waals surface area contributed by atoms with Crippen LogP contribution in [-0.4, -0.2) is 20.7 Å². The number of aldehydes is 1. The summed E-state index contributed by atoms with van der Waals surface area (Å²) in [5.74, 6) is 0.145. The molecule has 0 aliphatic carbocycles. The van der Waals surface area contributed by atoms with Gasteiger partial charge in [0, 0.05) is 12.0 Å². The van der Waals surface area contributed by atoms with Gasteiger partial charge >= 0.3 is 0 Å². The normalized spacial score (nSPS) is 15.5. The Morgan fingerprint density at radius 2 is 2.00 bits per heavy atom. The van der Waals surface area contributed by atoms with Crippen LogP contribution in [0.2, 0.25) is 19.6 Å². The summed E-state index contributed by atoms with van der Waals surface area (Å²) < 4.78 is 6.07. The molecule has 0 N–H and O–H groups in total. The van der Waals surface area contributed by atoms with E-state index in [1.165, 1.54) is 0 Å². The molecular weight excluding hydrogens is 216 g/mol. The van der Waals surface area contributed by atoms with Crippen molar-refractivity contribution in [2.75, 3.05) is 0 Å². The van der Waals surface area contributed by atoms with Gasteiger partial charge in [0.1, 0.15) is 6.29 Å². The predicted molar refractivity (Wildman–Crippen MR) is 72.1 cm³/mol. The molecule has 0 saturated heterocycles. The molecule has 0 radical (unpaired) electrons. The summed E-state index contributed by atoms with van der Waals surface area (Å²) in [4.78, 5) is 10.9. The first-order chi connectivity index (χ1) is 7.42. The topological polar surface area (TPSA) is 26.3 Å². The molecule has 0 fully saturated rings. The summed E-state index contributed by atoms with van der Waals surface area (Å²) in [6.45, 7) is 12.4. The van der Waals surface area contributed by atoms with E-state index in [4.69, 9.17) is 4.43 Å². The molecule has 0 amide bonds. The standard InChI is InChI=1S/C13H26O2Si/c1-6-8-12(11-14)10-13(9-7-2)15-16(3,4)5/h7,11-13H,2,6,8-10H2,1,3-5H3. The van der Waals surface area contributed by atoms with E-state index in [0.717, 1.165) is 32.0 Å². The van der Waals surface area contributed by atoms with Gasteiger partial charge in [-0.15, -0.1) is 6.58 Å². The van der Waals surface area contributed by atoms with Crippen molar-refractivity contribution < 1.29 is 9.22 Å². The van der Waals surface area contributed by atoms with Crippen LogP contribution in [0.25, 0.3) is 0 Å². The molecule has 2 nitrogen and oxygen atoms in total. The molecule has 0 spiro atoms. The zero-order chi connectivity index (χ0) is 12.6. The SMILES string of the molecule is C=CCC(CC(C=O)CCC)O[Si](C)(C)C. The molecule has 2 atom stereocenters. The van der Waals surface area contributed by atoms with Crippen molar-refractivity contribution in [1.29, 1.82) is 0 Å². The number of hydrogen-bond donors (Lipinski definition) is 0. The molecule has 94 valence electrons. The fourth-order valence-corrected chi connectivity index (χ4v) is 3.02. The Morgan fingerprint density at radius 3 is 2.38 bits per heavy atom. The second kappa shape index (κ2) is 7.79. The van der Waals surface area contributed by atoms with Crippen molar-refractivity contribution in [3.05, 3.63) is 12.7 Å². The lowest BCUT2D eigenvalue weighted by Gasteiger charge is -2.27. The molecule has 0 aromatic rings. The molecule has 0 rings (SSSR count). The molecule has 0 saturated carbocycles. The van der Waals surface area contributed by atoms with Crippen molar-refractivity contribution in [2.45, 2.75) is 58.4 Å². The highest BCUT2D eigenvalue weighted by Gasteiger charge is 2.22. The van der Waals surface area contributed by atoms with Gasteiger partial charge in [0.2, 0.25) is 0 Å². The molecule has 0 aliphatic rings. The lowest BCUT2D eigenvalue weighted by molar-refractivity contribution is -0.112. The maximum absolute atomic E-state index is 10.9. The quantitative estimate of drug-likeness (QED) is 0.349. The fraction of sp³-hybridized carbons (Fsp3) is 0.769. The Hall–Kier alpha value is -0.413. The van der Waals surface area contributed by atoms with Gasteiger partial charge in [-0.05, 0) is 38.9 Å². The average molecular weight is 242 g/mol. The largest absolute Gasteiger partial charge is 0.414 e. The zero-order valence-electron chi connectivity index (χ0n) is 11.2. The van der Waals surface area contributed by atoms with Crippen LogP contribution >= 0.6 is 0 Å². The first-order valence-electron chi connectivity index (χ1n) is 6.17. The van der Waals surface area contributed by atoms with E-state index < -0.39 is 8.32 Å². The van der Waals surface area contributed by atoms with Crippen LogP contribution in [0, 0.1) is 5.92 Å². The maximum Gasteiger partial charge on any atom is 0.184 e. The van der Waals surface area contributed by atoms with Crippen molar-refractivity contribution in [3.63, 3.8) is 0 Å². The second-order valence-electron chi connectivity index (χ2n) is 5.30. The minimum Gasteiger partial charge on any atom is -0.414 e. The summed E-state index contributed by atoms with van der Waals surface area (Å²) in [5.41, 5.74) is 0. The van der Waals surface area contributed by atoms with E-state index in [9.17, 15) is 4.79 Å². The Morgan fingerprint density at radius 1 is 1.38 bits per heavy atom. The van der Waals surface area contributed by atoms with Crippen LogP contribution in [-0.2, 0) is 9.22 Å². The van der Waals surface area contributed by atoms with Crippen LogP contribution in [0.4, 0.5) is 0 Å². The molecule has 2 unspecified atom stereocenters. The van der Waals surface area contributed by atoms with Gasteiger partial charge in [-0.2, -0.15) is 0 Å². The van der Waals surface area contributed by atoms with Gasteiger partial charge in [0.05, 0.1) is 0 Å². The minimum atomic E-state index is -1.52. The highest BCUT2D eigenvalue weighted by Crippen LogP contribution is 2.19. The van der Waals surface area contributed by atoms with Crippen molar-refractivity contribution in [2.24, 2.45) is 5.92 Å². The third-order valence-electron chi connectivity index (χ3n) is 2.37. The summed E-state index contributed by atoms with van der Waals surface area (Å²) in [7, 11) is -1.52. The van der Waals surface area contributed by atoms with Crippen molar-refractivity contribution >= 4 is 14.6 Å². The third kappa shape index (κ3) is 7.82. The van der Waals surface area contributed by atoms with Gasteiger partial charge in [0.25, 0.3) is 0 Å². The molecule has 0 aromatic carbocycles. The smallest absolute Gasteiger partial charge is 0.184 e. The molecule has 0 aliphatic heterocycles. The van der Waals surface area contributed by atoms with E-state index in [2.05, 4.69) is 33.1 Å². The third-order valence-corrected chi connectivity index (χ3v) is 3.41. The average Bonchev–Trinajstić information content (AvgIpc) is 2.15. The summed E-state index contributed by atoms with van der Waals surface area (Å²) in [5, 5.41) is 0. The second-order valence-corrected chi connectivity index (χ2v) is 9.76. The number of hydrogen-bond acceptors (Lipinski definition) is 2. The Labute approximate surface area is 101 Å². The van der Waals surface area contributed by atoms with Gasteiger partial charge in [-0.1, -0.05) is 19.4 Å². The number of carbonyl (C=O) groups is 1. The Kier molecular flexibility index (Phi) is 7.59. The summed E-state index contributed by atoms with van der Waals surface area (Å²) >= 11 is 0. The van der Waals surface area contributed by atoms with Crippen LogP contribution < -0.4 is 0 Å². The van der Waals surface area contributed by atoms with E-state index in [1.54, 1.807) is 0 Å². The Balaban J connectivity index is 4.29. The summed E-state index contributed by atoms with van der Waals surface area (Å²) in [6, 6.07) is 0. The van der Waals surface area contributed by atoms with Crippen molar-refractivity contribution in [3.8, 4) is 0 Å². The molecule has 0 aromatic heterocycles. The highest BCUT2D eigenvalue weighted by atomic mass is 28.4. The van der Waals surface area contributed by atoms with Crippen LogP contribution in [0.15, 0.2) is 12.7 Å². The monoisotopic (exact) mass is 242 g/mol. The van der Waals surface area contributed by atoms with Crippen LogP contribution in [0.3, 0.4) is 0 Å². The van der Waals surface area contributed by atoms with Crippen LogP contribution in [0.5, 0.6) is 0 Å². The molecule has 3 heteroatoms. The Bertz CT molecular complexity index is 208. The highest BCUT2D eigenvalue weighted by molar-refractivity contribution is 6.69. The van der Waals surface area contributed by atoms with Crippen LogP contribution in [0.1, 0.15) is 32.6 Å². The van der Waals surface area contributed by atoms with Crippen molar-refractivity contribution in [1.82, 2.24) is 0 Å². The lowest BCUT2D eigenvalue weighted by atomic mass is 9.97. The van der Waals surface area contributed by atoms with Gasteiger partial charge < -0.3 is 9.22 Å². The van der Waals surface area contributed by atoms with E-state index in [0.29, 0.717) is 0 Å². The molecule has 0 bridgehead atoms. The minimum absolute atomic E-state index is 0.145. The maximum atomic E-state index is 10.9. The van der Waals surface area contributed by atoms with Gasteiger partial charge in [-0.3, -0.25) is 0 Å². The fourth-order valence-electron chi connectivity index (χ4n) is 1.83. The first-order valence-corrected chi connectivity index (χ1v) is 9.57. The molecular formula is C13H26O2Si. The van der Waals surface area contributed by atoms with Gasteiger partial charge in [-0.25, -0.2) is 0 Å². The van der Waals surface area contributed by atoms with E-state index >= 15 is 0 Å². The number of carbonyl (C=O) groups excluding carboxylic acids is 1. The molecule has 16 heavy (non-hydrogen) atoms. The van der Waals surface area contributed by atoms with Gasteiger partial charge in [0.15, 0.2) is 8.32 Å². The lowest BCUT2D eigenvalue weighted by Crippen LogP contribution is -2.33. The van der Waals surface area contributed by atoms with E-state index in [1.807, 2.05) is 6.08 Å². The summed E-state index contributed by atoms with van der Waals surface area (Å²) in [6.07, 6.45) is 6.84. The first kappa shape index (κ1) is 15.6. The molecule has 0 heterocycles. The zero-order valence-corrected chi connectivity index (χ0v) is 12.2. The predicted octanol–water partition coefficient (Wildman–Crippen LogP) is 3.79. The van der Waals surface area contributed by atoms with E-state index in [-0.39, 0.29) is 12.0 Å². The number of rotatable bonds is 9.